The predicted molar refractivity (Wildman–Crippen MR) is 83.3 cm³/mol. The van der Waals surface area contributed by atoms with Crippen LogP contribution in [0.3, 0.4) is 0 Å². The van der Waals surface area contributed by atoms with Crippen molar-refractivity contribution in [3.63, 3.8) is 0 Å². The number of para-hydroxylation sites is 1. The molecule has 1 aromatic rings. The fraction of sp³-hybridized carbons (Fsp3) is 0.412. The van der Waals surface area contributed by atoms with Gasteiger partial charge >= 0.3 is 5.97 Å². The second kappa shape index (κ2) is 7.64. The van der Waals surface area contributed by atoms with Gasteiger partial charge in [-0.25, -0.2) is 0 Å². The molecule has 0 radical (unpaired) electrons. The lowest BCUT2D eigenvalue weighted by Gasteiger charge is -2.29. The zero-order valence-corrected chi connectivity index (χ0v) is 13.0. The first-order valence-electron chi connectivity index (χ1n) is 7.33. The molecule has 118 valence electrons. The summed E-state index contributed by atoms with van der Waals surface area (Å²) in [6, 6.07) is 7.53. The lowest BCUT2D eigenvalue weighted by Crippen LogP contribution is -2.39. The van der Waals surface area contributed by atoms with Crippen LogP contribution in [0.4, 0.5) is 0 Å². The molecule has 5 heteroatoms. The highest BCUT2D eigenvalue weighted by molar-refractivity contribution is 5.92. The number of rotatable bonds is 4. The first-order chi connectivity index (χ1) is 10.7. The highest BCUT2D eigenvalue weighted by Crippen LogP contribution is 2.21. The predicted octanol–water partition coefficient (Wildman–Crippen LogP) is 2.12. The molecule has 2 rings (SSSR count). The zero-order chi connectivity index (χ0) is 15.9. The Labute approximate surface area is 130 Å². The summed E-state index contributed by atoms with van der Waals surface area (Å²) >= 11 is 0. The summed E-state index contributed by atoms with van der Waals surface area (Å²) in [7, 11) is 3.00. The fourth-order valence-corrected chi connectivity index (χ4v) is 2.57. The highest BCUT2D eigenvalue weighted by atomic mass is 16.5. The quantitative estimate of drug-likeness (QED) is 0.631. The third-order valence-corrected chi connectivity index (χ3v) is 3.89. The number of likely N-dealkylation sites (tertiary alicyclic amines) is 1. The van der Waals surface area contributed by atoms with Crippen molar-refractivity contribution in [2.75, 3.05) is 27.3 Å². The standard InChI is InChI=1S/C17H21NO4/c1-21-15-6-4-3-5-13(15)7-8-16(19)18-11-9-14(10-12-18)17(20)22-2/h3-8,14H,9-12H2,1-2H3. The van der Waals surface area contributed by atoms with Gasteiger partial charge in [-0.05, 0) is 25.0 Å². The average Bonchev–Trinajstić information content (AvgIpc) is 2.59. The highest BCUT2D eigenvalue weighted by Gasteiger charge is 2.26. The zero-order valence-electron chi connectivity index (χ0n) is 13.0. The second-order valence-corrected chi connectivity index (χ2v) is 5.20. The maximum atomic E-state index is 12.2. The van der Waals surface area contributed by atoms with Crippen molar-refractivity contribution in [3.05, 3.63) is 35.9 Å². The van der Waals surface area contributed by atoms with Crippen LogP contribution in [0.5, 0.6) is 5.75 Å². The number of hydrogen-bond acceptors (Lipinski definition) is 4. The van der Waals surface area contributed by atoms with Gasteiger partial charge in [-0.3, -0.25) is 9.59 Å². The van der Waals surface area contributed by atoms with Crippen molar-refractivity contribution < 1.29 is 19.1 Å². The van der Waals surface area contributed by atoms with E-state index in [1.54, 1.807) is 24.2 Å². The van der Waals surface area contributed by atoms with Crippen LogP contribution < -0.4 is 4.74 Å². The Balaban J connectivity index is 1.93. The smallest absolute Gasteiger partial charge is 0.308 e. The van der Waals surface area contributed by atoms with E-state index >= 15 is 0 Å². The van der Waals surface area contributed by atoms with Gasteiger partial charge in [0, 0.05) is 24.7 Å². The number of carbonyl (C=O) groups is 2. The van der Waals surface area contributed by atoms with Crippen LogP contribution in [0.25, 0.3) is 6.08 Å². The number of carbonyl (C=O) groups excluding carboxylic acids is 2. The normalized spacial score (nSPS) is 15.8. The van der Waals surface area contributed by atoms with E-state index in [4.69, 9.17) is 9.47 Å². The molecule has 0 aliphatic carbocycles. The third-order valence-electron chi connectivity index (χ3n) is 3.89. The second-order valence-electron chi connectivity index (χ2n) is 5.20. The van der Waals surface area contributed by atoms with Crippen LogP contribution in [0.2, 0.25) is 0 Å². The van der Waals surface area contributed by atoms with E-state index in [0.29, 0.717) is 25.9 Å². The summed E-state index contributed by atoms with van der Waals surface area (Å²) in [6.45, 7) is 1.16. The fourth-order valence-electron chi connectivity index (χ4n) is 2.57. The topological polar surface area (TPSA) is 55.8 Å². The molecule has 1 aliphatic heterocycles. The van der Waals surface area contributed by atoms with Gasteiger partial charge in [0.2, 0.25) is 5.91 Å². The van der Waals surface area contributed by atoms with Gasteiger partial charge in [0.15, 0.2) is 0 Å². The molecule has 0 aromatic heterocycles. The van der Waals surface area contributed by atoms with E-state index in [1.165, 1.54) is 7.11 Å². The van der Waals surface area contributed by atoms with Crippen LogP contribution in [0.1, 0.15) is 18.4 Å². The summed E-state index contributed by atoms with van der Waals surface area (Å²) in [6.07, 6.45) is 4.62. The Morgan fingerprint density at radius 1 is 1.18 bits per heavy atom. The van der Waals surface area contributed by atoms with E-state index in [0.717, 1.165) is 11.3 Å². The summed E-state index contributed by atoms with van der Waals surface area (Å²) < 4.78 is 9.99. The number of ether oxygens (including phenoxy) is 2. The van der Waals surface area contributed by atoms with Crippen molar-refractivity contribution in [1.82, 2.24) is 4.90 Å². The molecule has 1 aromatic carbocycles. The molecule has 0 unspecified atom stereocenters. The molecule has 5 nitrogen and oxygen atoms in total. The number of benzene rings is 1. The van der Waals surface area contributed by atoms with Crippen molar-refractivity contribution in [2.45, 2.75) is 12.8 Å². The molecule has 0 N–H and O–H groups in total. The van der Waals surface area contributed by atoms with E-state index in [9.17, 15) is 9.59 Å². The maximum Gasteiger partial charge on any atom is 0.308 e. The Morgan fingerprint density at radius 2 is 1.86 bits per heavy atom. The Bertz CT molecular complexity index is 560. The monoisotopic (exact) mass is 303 g/mol. The summed E-state index contributed by atoms with van der Waals surface area (Å²) in [5.41, 5.74) is 0.864. The van der Waals surface area contributed by atoms with E-state index in [2.05, 4.69) is 0 Å². The number of methoxy groups -OCH3 is 2. The average molecular weight is 303 g/mol. The Hall–Kier alpha value is -2.30. The van der Waals surface area contributed by atoms with Gasteiger partial charge in [0.05, 0.1) is 20.1 Å². The van der Waals surface area contributed by atoms with Crippen LogP contribution >= 0.6 is 0 Å². The SMILES string of the molecule is COC(=O)C1CCN(C(=O)C=Cc2ccccc2OC)CC1. The first-order valence-corrected chi connectivity index (χ1v) is 7.33. The molecule has 1 saturated heterocycles. The van der Waals surface area contributed by atoms with Crippen LogP contribution in [0.15, 0.2) is 30.3 Å². The number of amides is 1. The summed E-state index contributed by atoms with van der Waals surface area (Å²) in [5.74, 6) is 0.411. The summed E-state index contributed by atoms with van der Waals surface area (Å²) in [5, 5.41) is 0. The molecule has 0 spiro atoms. The molecular formula is C17H21NO4. The number of nitrogens with zero attached hydrogens (tertiary/aromatic N) is 1. The van der Waals surface area contributed by atoms with Gasteiger partial charge < -0.3 is 14.4 Å². The molecule has 1 fully saturated rings. The van der Waals surface area contributed by atoms with E-state index in [1.807, 2.05) is 24.3 Å². The minimum Gasteiger partial charge on any atom is -0.496 e. The third kappa shape index (κ3) is 3.87. The molecule has 0 saturated carbocycles. The van der Waals surface area contributed by atoms with E-state index in [-0.39, 0.29) is 17.8 Å². The molecule has 1 amide bonds. The lowest BCUT2D eigenvalue weighted by atomic mass is 9.97. The van der Waals surface area contributed by atoms with Crippen molar-refractivity contribution in [3.8, 4) is 5.75 Å². The van der Waals surface area contributed by atoms with Crippen LogP contribution in [-0.4, -0.2) is 44.1 Å². The van der Waals surface area contributed by atoms with Gasteiger partial charge in [0.25, 0.3) is 0 Å². The van der Waals surface area contributed by atoms with Crippen molar-refractivity contribution >= 4 is 18.0 Å². The Morgan fingerprint density at radius 3 is 2.50 bits per heavy atom. The molecule has 0 atom stereocenters. The minimum atomic E-state index is -0.184. The number of esters is 1. The lowest BCUT2D eigenvalue weighted by molar-refractivity contribution is -0.148. The van der Waals surface area contributed by atoms with Crippen molar-refractivity contribution in [1.29, 1.82) is 0 Å². The van der Waals surface area contributed by atoms with Gasteiger partial charge in [0.1, 0.15) is 5.75 Å². The maximum absolute atomic E-state index is 12.2. The van der Waals surface area contributed by atoms with Gasteiger partial charge in [-0.2, -0.15) is 0 Å². The molecular weight excluding hydrogens is 282 g/mol. The number of piperidine rings is 1. The van der Waals surface area contributed by atoms with Gasteiger partial charge in [-0.15, -0.1) is 0 Å². The number of hydrogen-bond donors (Lipinski definition) is 0. The van der Waals surface area contributed by atoms with Gasteiger partial charge in [-0.1, -0.05) is 18.2 Å². The molecule has 0 bridgehead atoms. The summed E-state index contributed by atoms with van der Waals surface area (Å²) in [4.78, 5) is 25.4. The van der Waals surface area contributed by atoms with E-state index < -0.39 is 0 Å². The first kappa shape index (κ1) is 16.1. The van der Waals surface area contributed by atoms with Crippen LogP contribution in [-0.2, 0) is 14.3 Å². The van der Waals surface area contributed by atoms with Crippen LogP contribution in [0, 0.1) is 5.92 Å². The largest absolute Gasteiger partial charge is 0.496 e. The molecule has 1 heterocycles. The minimum absolute atomic E-state index is 0.0470. The van der Waals surface area contributed by atoms with Crippen molar-refractivity contribution in [2.24, 2.45) is 5.92 Å². The Kier molecular flexibility index (Phi) is 5.58. The molecule has 1 aliphatic rings. The molecule has 22 heavy (non-hydrogen) atoms.